The summed E-state index contributed by atoms with van der Waals surface area (Å²) in [5.41, 5.74) is 1.85. The molecule has 0 spiro atoms. The van der Waals surface area contributed by atoms with Crippen molar-refractivity contribution in [3.63, 3.8) is 0 Å². The summed E-state index contributed by atoms with van der Waals surface area (Å²) in [5, 5.41) is 10.4. The maximum Gasteiger partial charge on any atom is 0.324 e. The largest absolute Gasteiger partial charge is 0.465 e. The maximum absolute atomic E-state index is 12.0. The lowest BCUT2D eigenvalue weighted by atomic mass is 9.96. The predicted octanol–water partition coefficient (Wildman–Crippen LogP) is 2.71. The van der Waals surface area contributed by atoms with Crippen molar-refractivity contribution in [3.8, 4) is 0 Å². The number of rotatable bonds is 5. The summed E-state index contributed by atoms with van der Waals surface area (Å²) >= 11 is 1.30. The monoisotopic (exact) mass is 268 g/mol. The van der Waals surface area contributed by atoms with Crippen LogP contribution < -0.4 is 0 Å². The second-order valence-corrected chi connectivity index (χ2v) is 5.60. The first-order valence-corrected chi connectivity index (χ1v) is 7.15. The number of hydrogen-bond acceptors (Lipinski definition) is 4. The van der Waals surface area contributed by atoms with Crippen molar-refractivity contribution < 1.29 is 14.6 Å². The quantitative estimate of drug-likeness (QED) is 0.834. The van der Waals surface area contributed by atoms with Gasteiger partial charge in [0.15, 0.2) is 0 Å². The number of carbonyl (C=O) groups excluding carboxylic acids is 1. The Labute approximate surface area is 113 Å². The number of hydrogen-bond donors (Lipinski definition) is 1. The molecule has 0 heterocycles. The normalized spacial score (nSPS) is 15.8. The molecule has 2 atom stereocenters. The van der Waals surface area contributed by atoms with Gasteiger partial charge in [-0.2, -0.15) is 0 Å². The maximum atomic E-state index is 12.0. The van der Waals surface area contributed by atoms with Crippen LogP contribution in [0.1, 0.15) is 31.1 Å². The first-order chi connectivity index (χ1) is 8.45. The third kappa shape index (κ3) is 3.06. The van der Waals surface area contributed by atoms with Crippen molar-refractivity contribution in [2.24, 2.45) is 0 Å². The van der Waals surface area contributed by atoms with E-state index in [4.69, 9.17) is 4.74 Å². The molecule has 0 unspecified atom stereocenters. The Morgan fingerprint density at radius 3 is 2.44 bits per heavy atom. The number of benzene rings is 1. The van der Waals surface area contributed by atoms with Gasteiger partial charge in [-0.05, 0) is 32.6 Å². The number of aliphatic hydroxyl groups excluding tert-OH is 1. The van der Waals surface area contributed by atoms with E-state index < -0.39 is 10.9 Å². The molecule has 18 heavy (non-hydrogen) atoms. The van der Waals surface area contributed by atoms with Gasteiger partial charge < -0.3 is 9.84 Å². The van der Waals surface area contributed by atoms with E-state index in [-0.39, 0.29) is 5.97 Å². The van der Waals surface area contributed by atoms with Crippen LogP contribution in [-0.4, -0.2) is 28.7 Å². The van der Waals surface area contributed by atoms with Crippen LogP contribution in [0.3, 0.4) is 0 Å². The number of thioether (sulfide) groups is 1. The Balaban J connectivity index is 3.00. The summed E-state index contributed by atoms with van der Waals surface area (Å²) in [5.74, 6) is -0.384. The zero-order valence-electron chi connectivity index (χ0n) is 11.3. The zero-order valence-corrected chi connectivity index (χ0v) is 12.1. The third-order valence-corrected chi connectivity index (χ3v) is 4.26. The number of aliphatic hydroxyl groups is 1. The van der Waals surface area contributed by atoms with E-state index in [0.717, 1.165) is 11.1 Å². The molecule has 0 fully saturated rings. The van der Waals surface area contributed by atoms with Crippen LogP contribution in [0.25, 0.3) is 0 Å². The van der Waals surface area contributed by atoms with Gasteiger partial charge in [-0.15, -0.1) is 11.8 Å². The van der Waals surface area contributed by atoms with Gasteiger partial charge in [0.05, 0.1) is 6.61 Å². The molecule has 1 aromatic rings. The second kappa shape index (κ2) is 6.25. The van der Waals surface area contributed by atoms with Crippen LogP contribution in [0.2, 0.25) is 0 Å². The van der Waals surface area contributed by atoms with Crippen molar-refractivity contribution in [3.05, 3.63) is 35.4 Å². The highest BCUT2D eigenvalue weighted by molar-refractivity contribution is 8.00. The minimum Gasteiger partial charge on any atom is -0.465 e. The molecule has 0 aliphatic carbocycles. The van der Waals surface area contributed by atoms with Gasteiger partial charge in [0.2, 0.25) is 0 Å². The number of esters is 1. The Morgan fingerprint density at radius 2 is 2.00 bits per heavy atom. The van der Waals surface area contributed by atoms with E-state index in [1.165, 1.54) is 11.8 Å². The summed E-state index contributed by atoms with van der Waals surface area (Å²) in [6.45, 7) is 5.77. The molecule has 4 heteroatoms. The van der Waals surface area contributed by atoms with Crippen molar-refractivity contribution in [2.45, 2.75) is 31.6 Å². The molecule has 0 aliphatic rings. The van der Waals surface area contributed by atoms with Gasteiger partial charge in [-0.3, -0.25) is 4.79 Å². The van der Waals surface area contributed by atoms with Crippen LogP contribution in [0.15, 0.2) is 24.3 Å². The fraction of sp³-hybridized carbons (Fsp3) is 0.500. The Morgan fingerprint density at radius 1 is 1.44 bits per heavy atom. The molecular formula is C14H20O3S. The van der Waals surface area contributed by atoms with Crippen LogP contribution in [0.4, 0.5) is 0 Å². The van der Waals surface area contributed by atoms with E-state index in [0.29, 0.717) is 6.61 Å². The summed E-state index contributed by atoms with van der Waals surface area (Å²) < 4.78 is 4.06. The minimum atomic E-state index is -0.981. The standard InChI is InChI=1S/C14H20O3S/c1-5-17-13(16)14(3,18-4)12(15)11-8-6-10(2)7-9-11/h6-9,12,15H,5H2,1-4H3/t12-,14+/m0/s1. The van der Waals surface area contributed by atoms with Gasteiger partial charge in [-0.25, -0.2) is 0 Å². The lowest BCUT2D eigenvalue weighted by Gasteiger charge is -2.30. The highest BCUT2D eigenvalue weighted by Crippen LogP contribution is 2.37. The van der Waals surface area contributed by atoms with E-state index in [1.807, 2.05) is 31.2 Å². The molecule has 0 aromatic heterocycles. The average Bonchev–Trinajstić information content (AvgIpc) is 2.38. The van der Waals surface area contributed by atoms with Crippen molar-refractivity contribution in [1.82, 2.24) is 0 Å². The van der Waals surface area contributed by atoms with Gasteiger partial charge in [0.1, 0.15) is 10.9 Å². The topological polar surface area (TPSA) is 46.5 Å². The Hall–Kier alpha value is -1.00. The van der Waals surface area contributed by atoms with Crippen LogP contribution in [-0.2, 0) is 9.53 Å². The Bertz CT molecular complexity index is 402. The highest BCUT2D eigenvalue weighted by atomic mass is 32.2. The molecule has 0 saturated heterocycles. The molecule has 1 N–H and O–H groups in total. The fourth-order valence-electron chi connectivity index (χ4n) is 1.65. The molecule has 0 radical (unpaired) electrons. The van der Waals surface area contributed by atoms with E-state index >= 15 is 0 Å². The van der Waals surface area contributed by atoms with Crippen LogP contribution in [0.5, 0.6) is 0 Å². The smallest absolute Gasteiger partial charge is 0.324 e. The summed E-state index contributed by atoms with van der Waals surface area (Å²) in [6.07, 6.45) is 0.918. The van der Waals surface area contributed by atoms with Crippen molar-refractivity contribution in [1.29, 1.82) is 0 Å². The lowest BCUT2D eigenvalue weighted by molar-refractivity contribution is -0.148. The number of ether oxygens (including phenoxy) is 1. The van der Waals surface area contributed by atoms with E-state index in [9.17, 15) is 9.90 Å². The zero-order chi connectivity index (χ0) is 13.8. The molecule has 3 nitrogen and oxygen atoms in total. The summed E-state index contributed by atoms with van der Waals surface area (Å²) in [4.78, 5) is 12.0. The van der Waals surface area contributed by atoms with Crippen molar-refractivity contribution in [2.75, 3.05) is 12.9 Å². The average molecular weight is 268 g/mol. The van der Waals surface area contributed by atoms with Gasteiger partial charge in [-0.1, -0.05) is 29.8 Å². The fourth-order valence-corrected chi connectivity index (χ4v) is 2.23. The summed E-state index contributed by atoms with van der Waals surface area (Å²) in [6, 6.07) is 7.52. The first-order valence-electron chi connectivity index (χ1n) is 5.92. The third-order valence-electron chi connectivity index (χ3n) is 3.02. The molecule has 0 saturated carbocycles. The first kappa shape index (κ1) is 15.1. The molecule has 1 rings (SSSR count). The molecular weight excluding hydrogens is 248 g/mol. The summed E-state index contributed by atoms with van der Waals surface area (Å²) in [7, 11) is 0. The molecule has 0 aliphatic heterocycles. The minimum absolute atomic E-state index is 0.315. The van der Waals surface area contributed by atoms with Gasteiger partial charge in [0.25, 0.3) is 0 Å². The molecule has 100 valence electrons. The van der Waals surface area contributed by atoms with Gasteiger partial charge >= 0.3 is 5.97 Å². The number of aryl methyl sites for hydroxylation is 1. The predicted molar refractivity (Wildman–Crippen MR) is 74.7 cm³/mol. The molecule has 1 aromatic carbocycles. The van der Waals surface area contributed by atoms with Crippen LogP contribution in [0, 0.1) is 6.92 Å². The Kier molecular flexibility index (Phi) is 5.23. The molecule has 0 amide bonds. The van der Waals surface area contributed by atoms with Crippen LogP contribution >= 0.6 is 11.8 Å². The number of carbonyl (C=O) groups is 1. The lowest BCUT2D eigenvalue weighted by Crippen LogP contribution is -2.39. The molecule has 0 bridgehead atoms. The van der Waals surface area contributed by atoms with E-state index in [2.05, 4.69) is 0 Å². The van der Waals surface area contributed by atoms with Crippen molar-refractivity contribution >= 4 is 17.7 Å². The SMILES string of the molecule is CCOC(=O)[C@](C)(SC)[C@@H](O)c1ccc(C)cc1. The second-order valence-electron chi connectivity index (χ2n) is 4.34. The van der Waals surface area contributed by atoms with Gasteiger partial charge in [0, 0.05) is 0 Å². The van der Waals surface area contributed by atoms with E-state index in [1.54, 1.807) is 20.1 Å². The highest BCUT2D eigenvalue weighted by Gasteiger charge is 2.42.